The number of carbonyl (C=O) groups excluding carboxylic acids is 1. The Hall–Kier alpha value is -1.43. The van der Waals surface area contributed by atoms with Crippen molar-refractivity contribution in [1.82, 2.24) is 15.0 Å². The second-order valence-corrected chi connectivity index (χ2v) is 5.33. The Labute approximate surface area is 112 Å². The van der Waals surface area contributed by atoms with Crippen LogP contribution >= 0.6 is 0 Å². The van der Waals surface area contributed by atoms with Gasteiger partial charge in [-0.2, -0.15) is 4.98 Å². The molecule has 2 fully saturated rings. The van der Waals surface area contributed by atoms with Crippen LogP contribution in [0.1, 0.15) is 49.2 Å². The molecule has 0 radical (unpaired) electrons. The van der Waals surface area contributed by atoms with E-state index in [1.54, 1.807) is 7.11 Å². The molecule has 104 valence electrons. The third-order valence-electron chi connectivity index (χ3n) is 3.81. The summed E-state index contributed by atoms with van der Waals surface area (Å²) in [6, 6.07) is 0. The number of rotatable bonds is 5. The van der Waals surface area contributed by atoms with E-state index in [0.29, 0.717) is 25.5 Å². The van der Waals surface area contributed by atoms with Gasteiger partial charge in [0.15, 0.2) is 5.82 Å². The van der Waals surface area contributed by atoms with Gasteiger partial charge in [-0.25, -0.2) is 0 Å². The second kappa shape index (κ2) is 5.28. The lowest BCUT2D eigenvalue weighted by Crippen LogP contribution is -2.29. The Bertz CT molecular complexity index is 456. The van der Waals surface area contributed by atoms with Crippen LogP contribution in [0.4, 0.5) is 0 Å². The summed E-state index contributed by atoms with van der Waals surface area (Å²) in [7, 11) is 1.61. The predicted octanol–water partition coefficient (Wildman–Crippen LogP) is 1.30. The topological polar surface area (TPSA) is 68.5 Å². The highest BCUT2D eigenvalue weighted by Gasteiger charge is 2.33. The first-order chi connectivity index (χ1) is 9.28. The summed E-state index contributed by atoms with van der Waals surface area (Å²) in [4.78, 5) is 18.2. The standard InChI is InChI=1S/C13H19N3O3/c1-18-7-5-11(17)16-6-4-10(8-16)12-14-13(19-15-12)9-2-3-9/h9-10H,2-8H2,1H3. The molecule has 0 N–H and O–H groups in total. The van der Waals surface area contributed by atoms with Gasteiger partial charge in [0.2, 0.25) is 11.8 Å². The number of carbonyl (C=O) groups is 1. The predicted molar refractivity (Wildman–Crippen MR) is 66.7 cm³/mol. The van der Waals surface area contributed by atoms with Gasteiger partial charge >= 0.3 is 0 Å². The summed E-state index contributed by atoms with van der Waals surface area (Å²) in [5.41, 5.74) is 0. The molecule has 2 aliphatic rings. The van der Waals surface area contributed by atoms with E-state index in [9.17, 15) is 4.79 Å². The van der Waals surface area contributed by atoms with Crippen LogP contribution in [0.2, 0.25) is 0 Å². The molecule has 1 aromatic rings. The van der Waals surface area contributed by atoms with Gasteiger partial charge in [0.05, 0.1) is 13.0 Å². The van der Waals surface area contributed by atoms with E-state index in [4.69, 9.17) is 9.26 Å². The van der Waals surface area contributed by atoms with Crippen molar-refractivity contribution >= 4 is 5.91 Å². The quantitative estimate of drug-likeness (QED) is 0.802. The number of ether oxygens (including phenoxy) is 1. The Morgan fingerprint density at radius 1 is 1.42 bits per heavy atom. The van der Waals surface area contributed by atoms with Gasteiger partial charge in [0.25, 0.3) is 0 Å². The fourth-order valence-corrected chi connectivity index (χ4v) is 2.45. The van der Waals surface area contributed by atoms with Gasteiger partial charge < -0.3 is 14.2 Å². The molecule has 1 aliphatic carbocycles. The van der Waals surface area contributed by atoms with Crippen molar-refractivity contribution in [2.24, 2.45) is 0 Å². The maximum absolute atomic E-state index is 11.9. The van der Waals surface area contributed by atoms with Crippen LogP contribution in [0.3, 0.4) is 0 Å². The van der Waals surface area contributed by atoms with Crippen LogP contribution in [0.25, 0.3) is 0 Å². The van der Waals surface area contributed by atoms with E-state index in [1.807, 2.05) is 4.90 Å². The number of aromatic nitrogens is 2. The Morgan fingerprint density at radius 2 is 2.26 bits per heavy atom. The molecule has 6 nitrogen and oxygen atoms in total. The highest BCUT2D eigenvalue weighted by atomic mass is 16.5. The number of likely N-dealkylation sites (tertiary alicyclic amines) is 1. The molecular formula is C13H19N3O3. The summed E-state index contributed by atoms with van der Waals surface area (Å²) < 4.78 is 10.2. The molecule has 1 aliphatic heterocycles. The molecule has 0 aromatic carbocycles. The van der Waals surface area contributed by atoms with Crippen molar-refractivity contribution in [3.05, 3.63) is 11.7 Å². The normalized spacial score (nSPS) is 23.0. The maximum Gasteiger partial charge on any atom is 0.229 e. The van der Waals surface area contributed by atoms with Gasteiger partial charge in [-0.1, -0.05) is 5.16 Å². The highest BCUT2D eigenvalue weighted by Crippen LogP contribution is 2.39. The molecule has 1 aromatic heterocycles. The van der Waals surface area contributed by atoms with Crippen molar-refractivity contribution < 1.29 is 14.1 Å². The van der Waals surface area contributed by atoms with E-state index in [0.717, 1.165) is 37.5 Å². The lowest BCUT2D eigenvalue weighted by molar-refractivity contribution is -0.131. The molecule has 0 bridgehead atoms. The van der Waals surface area contributed by atoms with Crippen molar-refractivity contribution in [2.75, 3.05) is 26.8 Å². The molecule has 1 unspecified atom stereocenters. The van der Waals surface area contributed by atoms with Crippen molar-refractivity contribution in [3.63, 3.8) is 0 Å². The first kappa shape index (κ1) is 12.6. The van der Waals surface area contributed by atoms with E-state index in [-0.39, 0.29) is 11.8 Å². The number of amides is 1. The minimum Gasteiger partial charge on any atom is -0.384 e. The summed E-state index contributed by atoms with van der Waals surface area (Å²) in [5, 5.41) is 4.07. The van der Waals surface area contributed by atoms with Crippen LogP contribution < -0.4 is 0 Å². The van der Waals surface area contributed by atoms with Gasteiger partial charge in [-0.3, -0.25) is 4.79 Å². The zero-order valence-corrected chi connectivity index (χ0v) is 11.2. The van der Waals surface area contributed by atoms with E-state index < -0.39 is 0 Å². The lowest BCUT2D eigenvalue weighted by atomic mass is 10.1. The van der Waals surface area contributed by atoms with Crippen molar-refractivity contribution in [1.29, 1.82) is 0 Å². The average molecular weight is 265 g/mol. The van der Waals surface area contributed by atoms with E-state index in [2.05, 4.69) is 10.1 Å². The van der Waals surface area contributed by atoms with E-state index in [1.165, 1.54) is 0 Å². The first-order valence-electron chi connectivity index (χ1n) is 6.88. The number of hydrogen-bond acceptors (Lipinski definition) is 5. The molecule has 3 rings (SSSR count). The van der Waals surface area contributed by atoms with E-state index >= 15 is 0 Å². The number of methoxy groups -OCH3 is 1. The largest absolute Gasteiger partial charge is 0.384 e. The second-order valence-electron chi connectivity index (χ2n) is 5.33. The molecule has 0 spiro atoms. The fraction of sp³-hybridized carbons (Fsp3) is 0.769. The van der Waals surface area contributed by atoms with Gasteiger partial charge in [0, 0.05) is 32.0 Å². The van der Waals surface area contributed by atoms with Crippen LogP contribution in [0.5, 0.6) is 0 Å². The first-order valence-corrected chi connectivity index (χ1v) is 6.88. The zero-order chi connectivity index (χ0) is 13.2. The van der Waals surface area contributed by atoms with Gasteiger partial charge in [-0.05, 0) is 19.3 Å². The maximum atomic E-state index is 11.9. The Kier molecular flexibility index (Phi) is 3.50. The summed E-state index contributed by atoms with van der Waals surface area (Å²) in [5.74, 6) is 2.41. The minimum atomic E-state index is 0.148. The molecule has 2 heterocycles. The number of nitrogens with zero attached hydrogens (tertiary/aromatic N) is 3. The van der Waals surface area contributed by atoms with Gasteiger partial charge in [-0.15, -0.1) is 0 Å². The Morgan fingerprint density at radius 3 is 3.00 bits per heavy atom. The van der Waals surface area contributed by atoms with Crippen molar-refractivity contribution in [2.45, 2.75) is 37.5 Å². The average Bonchev–Trinajstić information content (AvgIpc) is 2.96. The van der Waals surface area contributed by atoms with Crippen molar-refractivity contribution in [3.8, 4) is 0 Å². The molecule has 1 amide bonds. The molecule has 6 heteroatoms. The smallest absolute Gasteiger partial charge is 0.229 e. The third-order valence-corrected chi connectivity index (χ3v) is 3.81. The monoisotopic (exact) mass is 265 g/mol. The van der Waals surface area contributed by atoms with Crippen LogP contribution in [0, 0.1) is 0 Å². The third kappa shape index (κ3) is 2.78. The van der Waals surface area contributed by atoms with Crippen LogP contribution in [-0.4, -0.2) is 47.8 Å². The van der Waals surface area contributed by atoms with Crippen LogP contribution in [-0.2, 0) is 9.53 Å². The lowest BCUT2D eigenvalue weighted by Gasteiger charge is -2.15. The summed E-state index contributed by atoms with van der Waals surface area (Å²) >= 11 is 0. The van der Waals surface area contributed by atoms with Crippen LogP contribution in [0.15, 0.2) is 4.52 Å². The van der Waals surface area contributed by atoms with Gasteiger partial charge in [0.1, 0.15) is 0 Å². The molecule has 1 atom stereocenters. The SMILES string of the molecule is COCCC(=O)N1CCC(c2noc(C3CC3)n2)C1. The molecule has 1 saturated heterocycles. The highest BCUT2D eigenvalue weighted by molar-refractivity contribution is 5.76. The fourth-order valence-electron chi connectivity index (χ4n) is 2.45. The molecule has 19 heavy (non-hydrogen) atoms. The zero-order valence-electron chi connectivity index (χ0n) is 11.2. The summed E-state index contributed by atoms with van der Waals surface area (Å²) in [6.07, 6.45) is 3.69. The molecular weight excluding hydrogens is 246 g/mol. The number of hydrogen-bond donors (Lipinski definition) is 0. The molecule has 1 saturated carbocycles. The summed E-state index contributed by atoms with van der Waals surface area (Å²) in [6.45, 7) is 1.96. The Balaban J connectivity index is 1.56. The minimum absolute atomic E-state index is 0.148.